The van der Waals surface area contributed by atoms with Crippen molar-refractivity contribution < 1.29 is 4.92 Å². The van der Waals surface area contributed by atoms with Gasteiger partial charge in [-0.1, -0.05) is 11.6 Å². The standard InChI is InChI=1S/C13H15ClN4O2/c1-8-12(6-15)9(2)17(16-8)7-10-3-4-11(14)5-13(10)18(19)20/h3-5H,6-7,15H2,1-2H3. The summed E-state index contributed by atoms with van der Waals surface area (Å²) in [5.41, 5.74) is 8.99. The van der Waals surface area contributed by atoms with Gasteiger partial charge in [0.25, 0.3) is 5.69 Å². The van der Waals surface area contributed by atoms with Crippen LogP contribution >= 0.6 is 11.6 Å². The Balaban J connectivity index is 2.42. The summed E-state index contributed by atoms with van der Waals surface area (Å²) in [6.07, 6.45) is 0. The quantitative estimate of drug-likeness (QED) is 0.693. The van der Waals surface area contributed by atoms with Gasteiger partial charge in [0.15, 0.2) is 0 Å². The van der Waals surface area contributed by atoms with Gasteiger partial charge in [-0.2, -0.15) is 5.10 Å². The Bertz CT molecular complexity index is 667. The van der Waals surface area contributed by atoms with Crippen LogP contribution in [0.1, 0.15) is 22.5 Å². The number of aryl methyl sites for hydroxylation is 1. The molecule has 1 aromatic carbocycles. The van der Waals surface area contributed by atoms with Crippen LogP contribution in [0.3, 0.4) is 0 Å². The maximum absolute atomic E-state index is 11.1. The summed E-state index contributed by atoms with van der Waals surface area (Å²) in [5.74, 6) is 0. The molecule has 2 aromatic rings. The fraction of sp³-hybridized carbons (Fsp3) is 0.308. The molecule has 0 radical (unpaired) electrons. The van der Waals surface area contributed by atoms with Gasteiger partial charge < -0.3 is 5.73 Å². The van der Waals surface area contributed by atoms with Crippen LogP contribution in [0.5, 0.6) is 0 Å². The van der Waals surface area contributed by atoms with E-state index in [9.17, 15) is 10.1 Å². The van der Waals surface area contributed by atoms with E-state index < -0.39 is 4.92 Å². The molecule has 0 bridgehead atoms. The molecule has 0 spiro atoms. The third kappa shape index (κ3) is 2.66. The molecule has 20 heavy (non-hydrogen) atoms. The van der Waals surface area contributed by atoms with Crippen molar-refractivity contribution in [2.75, 3.05) is 0 Å². The van der Waals surface area contributed by atoms with Crippen molar-refractivity contribution in [2.45, 2.75) is 26.9 Å². The van der Waals surface area contributed by atoms with Gasteiger partial charge in [-0.3, -0.25) is 14.8 Å². The lowest BCUT2D eigenvalue weighted by atomic mass is 10.1. The van der Waals surface area contributed by atoms with Crippen LogP contribution < -0.4 is 5.73 Å². The SMILES string of the molecule is Cc1nn(Cc2ccc(Cl)cc2[N+](=O)[O-])c(C)c1CN. The van der Waals surface area contributed by atoms with Gasteiger partial charge in [-0.25, -0.2) is 0 Å². The van der Waals surface area contributed by atoms with Crippen molar-refractivity contribution in [3.8, 4) is 0 Å². The Morgan fingerprint density at radius 2 is 2.15 bits per heavy atom. The molecule has 2 rings (SSSR count). The highest BCUT2D eigenvalue weighted by atomic mass is 35.5. The van der Waals surface area contributed by atoms with Gasteiger partial charge in [-0.05, 0) is 26.0 Å². The molecule has 0 atom stereocenters. The molecule has 0 amide bonds. The second kappa shape index (κ2) is 5.60. The number of nitro benzene ring substituents is 1. The first-order valence-electron chi connectivity index (χ1n) is 6.09. The molecule has 6 nitrogen and oxygen atoms in total. The molecular weight excluding hydrogens is 280 g/mol. The third-order valence-electron chi connectivity index (χ3n) is 3.30. The average Bonchev–Trinajstić information content (AvgIpc) is 2.66. The molecule has 0 saturated carbocycles. The van der Waals surface area contributed by atoms with Crippen LogP contribution in [-0.4, -0.2) is 14.7 Å². The van der Waals surface area contributed by atoms with E-state index in [1.165, 1.54) is 6.07 Å². The van der Waals surface area contributed by atoms with Crippen LogP contribution in [0.25, 0.3) is 0 Å². The number of hydrogen-bond acceptors (Lipinski definition) is 4. The van der Waals surface area contributed by atoms with Gasteiger partial charge in [0.1, 0.15) is 0 Å². The molecule has 7 heteroatoms. The highest BCUT2D eigenvalue weighted by molar-refractivity contribution is 6.30. The summed E-state index contributed by atoms with van der Waals surface area (Å²) in [4.78, 5) is 10.6. The van der Waals surface area contributed by atoms with Gasteiger partial charge in [-0.15, -0.1) is 0 Å². The summed E-state index contributed by atoms with van der Waals surface area (Å²) >= 11 is 5.80. The van der Waals surface area contributed by atoms with E-state index in [2.05, 4.69) is 5.10 Å². The zero-order valence-corrected chi connectivity index (χ0v) is 12.0. The first-order chi connectivity index (χ1) is 9.43. The largest absolute Gasteiger partial charge is 0.326 e. The number of halogens is 1. The number of rotatable bonds is 4. The summed E-state index contributed by atoms with van der Waals surface area (Å²) in [7, 11) is 0. The highest BCUT2D eigenvalue weighted by Gasteiger charge is 2.17. The Hall–Kier alpha value is -1.92. The van der Waals surface area contributed by atoms with Crippen LogP contribution in [0.2, 0.25) is 5.02 Å². The monoisotopic (exact) mass is 294 g/mol. The maximum atomic E-state index is 11.1. The van der Waals surface area contributed by atoms with Gasteiger partial charge in [0.05, 0.1) is 22.7 Å². The van der Waals surface area contributed by atoms with E-state index in [-0.39, 0.29) is 5.69 Å². The first kappa shape index (κ1) is 14.5. The third-order valence-corrected chi connectivity index (χ3v) is 3.53. The molecule has 0 aliphatic carbocycles. The summed E-state index contributed by atoms with van der Waals surface area (Å²) in [6.45, 7) is 4.51. The van der Waals surface area contributed by atoms with Crippen molar-refractivity contribution in [2.24, 2.45) is 5.73 Å². The predicted molar refractivity (Wildman–Crippen MR) is 76.8 cm³/mol. The van der Waals surface area contributed by atoms with Gasteiger partial charge in [0.2, 0.25) is 0 Å². The Kier molecular flexibility index (Phi) is 4.06. The van der Waals surface area contributed by atoms with Crippen LogP contribution in [-0.2, 0) is 13.1 Å². The van der Waals surface area contributed by atoms with Crippen LogP contribution in [0, 0.1) is 24.0 Å². The summed E-state index contributed by atoms with van der Waals surface area (Å²) < 4.78 is 1.73. The van der Waals surface area contributed by atoms with E-state index in [1.54, 1.807) is 16.8 Å². The smallest absolute Gasteiger partial charge is 0.275 e. The minimum Gasteiger partial charge on any atom is -0.326 e. The van der Waals surface area contributed by atoms with Crippen LogP contribution in [0.15, 0.2) is 18.2 Å². The summed E-state index contributed by atoms with van der Waals surface area (Å²) in [6, 6.07) is 4.64. The lowest BCUT2D eigenvalue weighted by molar-refractivity contribution is -0.385. The number of hydrogen-bond donors (Lipinski definition) is 1. The average molecular weight is 295 g/mol. The predicted octanol–water partition coefficient (Wildman–Crippen LogP) is 2.57. The molecule has 0 fully saturated rings. The van der Waals surface area contributed by atoms with Crippen LogP contribution in [0.4, 0.5) is 5.69 Å². The number of benzene rings is 1. The van der Waals surface area contributed by atoms with E-state index >= 15 is 0 Å². The zero-order valence-electron chi connectivity index (χ0n) is 11.3. The second-order valence-corrected chi connectivity index (χ2v) is 4.98. The minimum absolute atomic E-state index is 0.000600. The molecular formula is C13H15ClN4O2. The number of nitrogens with zero attached hydrogens (tertiary/aromatic N) is 3. The fourth-order valence-electron chi connectivity index (χ4n) is 2.19. The molecule has 0 unspecified atom stereocenters. The topological polar surface area (TPSA) is 87.0 Å². The second-order valence-electron chi connectivity index (χ2n) is 4.54. The van der Waals surface area contributed by atoms with E-state index in [0.717, 1.165) is 17.0 Å². The fourth-order valence-corrected chi connectivity index (χ4v) is 2.35. The highest BCUT2D eigenvalue weighted by Crippen LogP contribution is 2.25. The lowest BCUT2D eigenvalue weighted by Crippen LogP contribution is -2.07. The van der Waals surface area contributed by atoms with Crippen molar-refractivity contribution in [3.05, 3.63) is 55.9 Å². The molecule has 2 N–H and O–H groups in total. The van der Waals surface area contributed by atoms with Gasteiger partial charge >= 0.3 is 0 Å². The van der Waals surface area contributed by atoms with E-state index in [4.69, 9.17) is 17.3 Å². The van der Waals surface area contributed by atoms with E-state index in [0.29, 0.717) is 23.7 Å². The normalized spacial score (nSPS) is 10.8. The Morgan fingerprint density at radius 1 is 1.45 bits per heavy atom. The zero-order chi connectivity index (χ0) is 14.9. The number of nitrogens with two attached hydrogens (primary N) is 1. The molecule has 0 aliphatic rings. The van der Waals surface area contributed by atoms with Gasteiger partial charge in [0, 0.05) is 28.9 Å². The maximum Gasteiger partial charge on any atom is 0.275 e. The van der Waals surface area contributed by atoms with Crippen molar-refractivity contribution >= 4 is 17.3 Å². The van der Waals surface area contributed by atoms with Crippen molar-refractivity contribution in [1.29, 1.82) is 0 Å². The first-order valence-corrected chi connectivity index (χ1v) is 6.47. The molecule has 106 valence electrons. The minimum atomic E-state index is -0.434. The molecule has 0 aliphatic heterocycles. The molecule has 1 heterocycles. The van der Waals surface area contributed by atoms with Crippen molar-refractivity contribution in [1.82, 2.24) is 9.78 Å². The summed E-state index contributed by atoms with van der Waals surface area (Å²) in [5, 5.41) is 15.8. The molecule has 0 saturated heterocycles. The lowest BCUT2D eigenvalue weighted by Gasteiger charge is -2.06. The Morgan fingerprint density at radius 3 is 2.70 bits per heavy atom. The number of aromatic nitrogens is 2. The molecule has 1 aromatic heterocycles. The van der Waals surface area contributed by atoms with E-state index in [1.807, 2.05) is 13.8 Å². The Labute approximate surface area is 121 Å². The number of nitro groups is 1. The van der Waals surface area contributed by atoms with Crippen molar-refractivity contribution in [3.63, 3.8) is 0 Å².